The van der Waals surface area contributed by atoms with E-state index in [1.54, 1.807) is 18.2 Å². The highest BCUT2D eigenvalue weighted by Gasteiger charge is 2.28. The number of amides is 1. The number of carbonyl (C=O) groups excluding carboxylic acids is 1. The molecule has 3 aromatic rings. The van der Waals surface area contributed by atoms with E-state index < -0.39 is 0 Å². The summed E-state index contributed by atoms with van der Waals surface area (Å²) in [5.41, 5.74) is 0. The van der Waals surface area contributed by atoms with Gasteiger partial charge in [-0.3, -0.25) is 4.79 Å². The largest absolute Gasteiger partial charge is 0.484 e. The van der Waals surface area contributed by atoms with Crippen molar-refractivity contribution in [2.75, 3.05) is 31.1 Å². The molecule has 1 unspecified atom stereocenters. The fraction of sp³-hybridized carbons (Fsp3) is 0.261. The average molecular weight is 439 g/mol. The summed E-state index contributed by atoms with van der Waals surface area (Å²) in [6.07, 6.45) is 1.47. The number of ether oxygens (including phenoxy) is 2. The van der Waals surface area contributed by atoms with Crippen molar-refractivity contribution in [3.8, 4) is 17.4 Å². The molecule has 8 heteroatoms. The second-order valence-corrected chi connectivity index (χ2v) is 7.64. The Kier molecular flexibility index (Phi) is 6.52. The number of aromatic nitrogens is 2. The Morgan fingerprint density at radius 3 is 2.65 bits per heavy atom. The first-order valence-electron chi connectivity index (χ1n) is 10.1. The van der Waals surface area contributed by atoms with Crippen LogP contribution in [0.3, 0.4) is 0 Å². The number of halogens is 1. The maximum atomic E-state index is 12.6. The van der Waals surface area contributed by atoms with Crippen molar-refractivity contribution in [2.24, 2.45) is 0 Å². The van der Waals surface area contributed by atoms with E-state index >= 15 is 0 Å². The van der Waals surface area contributed by atoms with Gasteiger partial charge in [-0.1, -0.05) is 41.9 Å². The van der Waals surface area contributed by atoms with Gasteiger partial charge < -0.3 is 19.3 Å². The number of para-hydroxylation sites is 2. The quantitative estimate of drug-likeness (QED) is 0.578. The Hall–Kier alpha value is -3.32. The summed E-state index contributed by atoms with van der Waals surface area (Å²) in [6.45, 7) is 3.94. The molecule has 4 rings (SSSR count). The number of carbonyl (C=O) groups is 1. The van der Waals surface area contributed by atoms with Gasteiger partial charge in [-0.25, -0.2) is 9.97 Å². The summed E-state index contributed by atoms with van der Waals surface area (Å²) in [4.78, 5) is 25.2. The predicted molar refractivity (Wildman–Crippen MR) is 119 cm³/mol. The molecule has 1 fully saturated rings. The van der Waals surface area contributed by atoms with Gasteiger partial charge in [-0.05, 0) is 31.2 Å². The minimum atomic E-state index is -0.0265. The summed E-state index contributed by atoms with van der Waals surface area (Å²) in [6, 6.07) is 18.4. The van der Waals surface area contributed by atoms with Crippen LogP contribution in [0.5, 0.6) is 17.4 Å². The zero-order valence-corrected chi connectivity index (χ0v) is 17.9. The zero-order chi connectivity index (χ0) is 21.6. The number of benzene rings is 2. The van der Waals surface area contributed by atoms with Crippen LogP contribution in [0.2, 0.25) is 5.02 Å². The van der Waals surface area contributed by atoms with Gasteiger partial charge in [0.05, 0.1) is 5.02 Å². The maximum absolute atomic E-state index is 12.6. The van der Waals surface area contributed by atoms with Gasteiger partial charge in [-0.15, -0.1) is 0 Å². The first-order chi connectivity index (χ1) is 15.1. The van der Waals surface area contributed by atoms with Crippen LogP contribution in [-0.4, -0.2) is 53.1 Å². The van der Waals surface area contributed by atoms with Gasteiger partial charge in [0.25, 0.3) is 5.91 Å². The van der Waals surface area contributed by atoms with E-state index in [1.165, 1.54) is 6.33 Å². The van der Waals surface area contributed by atoms with E-state index in [2.05, 4.69) is 14.9 Å². The monoisotopic (exact) mass is 438 g/mol. The van der Waals surface area contributed by atoms with E-state index in [0.717, 1.165) is 5.82 Å². The van der Waals surface area contributed by atoms with Crippen LogP contribution < -0.4 is 14.4 Å². The zero-order valence-electron chi connectivity index (χ0n) is 17.1. The molecule has 2 aromatic carbocycles. The molecule has 0 aliphatic carbocycles. The number of nitrogens with zero attached hydrogens (tertiary/aromatic N) is 4. The van der Waals surface area contributed by atoms with Crippen molar-refractivity contribution >= 4 is 23.3 Å². The summed E-state index contributed by atoms with van der Waals surface area (Å²) in [7, 11) is 0. The van der Waals surface area contributed by atoms with Crippen LogP contribution in [0.25, 0.3) is 0 Å². The van der Waals surface area contributed by atoms with E-state index in [0.29, 0.717) is 42.0 Å². The third kappa shape index (κ3) is 5.24. The molecule has 2 heterocycles. The van der Waals surface area contributed by atoms with Gasteiger partial charge >= 0.3 is 0 Å². The summed E-state index contributed by atoms with van der Waals surface area (Å²) in [5.74, 6) is 2.36. The topological polar surface area (TPSA) is 67.8 Å². The van der Waals surface area contributed by atoms with E-state index in [1.807, 2.05) is 54.3 Å². The molecule has 0 bridgehead atoms. The van der Waals surface area contributed by atoms with Crippen LogP contribution in [0.4, 0.5) is 5.82 Å². The molecular formula is C23H23ClN4O3. The molecule has 1 saturated heterocycles. The SMILES string of the molecule is CC1CN(c2cc(Oc3ccccc3Cl)ncn2)CCN1C(=O)COc1ccccc1. The van der Waals surface area contributed by atoms with Crippen molar-refractivity contribution < 1.29 is 14.3 Å². The Morgan fingerprint density at radius 2 is 1.87 bits per heavy atom. The number of anilines is 1. The average Bonchev–Trinajstić information content (AvgIpc) is 2.80. The third-order valence-electron chi connectivity index (χ3n) is 5.06. The smallest absolute Gasteiger partial charge is 0.260 e. The minimum absolute atomic E-state index is 0.0172. The number of piperazine rings is 1. The van der Waals surface area contributed by atoms with Gasteiger partial charge in [0.2, 0.25) is 5.88 Å². The molecule has 0 spiro atoms. The molecule has 0 N–H and O–H groups in total. The molecule has 1 atom stereocenters. The number of hydrogen-bond donors (Lipinski definition) is 0. The molecule has 1 amide bonds. The molecule has 160 valence electrons. The van der Waals surface area contributed by atoms with Crippen LogP contribution >= 0.6 is 11.6 Å². The van der Waals surface area contributed by atoms with E-state index in [9.17, 15) is 4.79 Å². The second kappa shape index (κ2) is 9.66. The summed E-state index contributed by atoms with van der Waals surface area (Å²) < 4.78 is 11.4. The Bertz CT molecular complexity index is 1030. The molecule has 0 saturated carbocycles. The van der Waals surface area contributed by atoms with Gasteiger partial charge in [-0.2, -0.15) is 0 Å². The lowest BCUT2D eigenvalue weighted by molar-refractivity contribution is -0.135. The van der Waals surface area contributed by atoms with Crippen molar-refractivity contribution in [1.82, 2.24) is 14.9 Å². The fourth-order valence-electron chi connectivity index (χ4n) is 3.48. The van der Waals surface area contributed by atoms with E-state index in [-0.39, 0.29) is 18.6 Å². The molecule has 0 radical (unpaired) electrons. The molecule has 1 aromatic heterocycles. The molecular weight excluding hydrogens is 416 g/mol. The fourth-order valence-corrected chi connectivity index (χ4v) is 3.65. The summed E-state index contributed by atoms with van der Waals surface area (Å²) >= 11 is 6.17. The lowest BCUT2D eigenvalue weighted by atomic mass is 10.2. The van der Waals surface area contributed by atoms with Crippen LogP contribution in [0.1, 0.15) is 6.92 Å². The summed E-state index contributed by atoms with van der Waals surface area (Å²) in [5, 5.41) is 0.515. The first-order valence-corrected chi connectivity index (χ1v) is 10.4. The van der Waals surface area contributed by atoms with Crippen molar-refractivity contribution in [3.05, 3.63) is 72.0 Å². The Balaban J connectivity index is 1.36. The minimum Gasteiger partial charge on any atom is -0.484 e. The van der Waals surface area contributed by atoms with Gasteiger partial charge in [0.1, 0.15) is 23.6 Å². The first kappa shape index (κ1) is 20.9. The lowest BCUT2D eigenvalue weighted by Gasteiger charge is -2.40. The Labute approximate surface area is 186 Å². The normalized spacial score (nSPS) is 16.1. The van der Waals surface area contributed by atoms with Crippen molar-refractivity contribution in [2.45, 2.75) is 13.0 Å². The van der Waals surface area contributed by atoms with Crippen molar-refractivity contribution in [1.29, 1.82) is 0 Å². The third-order valence-corrected chi connectivity index (χ3v) is 5.37. The highest BCUT2D eigenvalue weighted by atomic mass is 35.5. The van der Waals surface area contributed by atoms with Crippen molar-refractivity contribution in [3.63, 3.8) is 0 Å². The molecule has 7 nitrogen and oxygen atoms in total. The molecule has 1 aliphatic heterocycles. The number of rotatable bonds is 6. The predicted octanol–water partition coefficient (Wildman–Crippen LogP) is 4.04. The standard InChI is InChI=1S/C23H23ClN4O3/c1-17-14-27(11-12-28(17)23(29)15-30-18-7-3-2-4-8-18)21-13-22(26-16-25-21)31-20-10-6-5-9-19(20)24/h2-10,13,16-17H,11-12,14-15H2,1H3. The lowest BCUT2D eigenvalue weighted by Crippen LogP contribution is -2.55. The maximum Gasteiger partial charge on any atom is 0.260 e. The van der Waals surface area contributed by atoms with Gasteiger partial charge in [0, 0.05) is 31.7 Å². The Morgan fingerprint density at radius 1 is 1.10 bits per heavy atom. The highest BCUT2D eigenvalue weighted by molar-refractivity contribution is 6.32. The van der Waals surface area contributed by atoms with Gasteiger partial charge in [0.15, 0.2) is 6.61 Å². The second-order valence-electron chi connectivity index (χ2n) is 7.23. The molecule has 31 heavy (non-hydrogen) atoms. The van der Waals surface area contributed by atoms with E-state index in [4.69, 9.17) is 21.1 Å². The van der Waals surface area contributed by atoms with Crippen LogP contribution in [0.15, 0.2) is 67.0 Å². The van der Waals surface area contributed by atoms with Crippen LogP contribution in [0, 0.1) is 0 Å². The highest BCUT2D eigenvalue weighted by Crippen LogP contribution is 2.29. The van der Waals surface area contributed by atoms with Crippen LogP contribution in [-0.2, 0) is 4.79 Å². The number of hydrogen-bond acceptors (Lipinski definition) is 6. The molecule has 1 aliphatic rings.